The molecule has 8 heteroatoms. The molecule has 1 heterocycles. The molecule has 3 aromatic rings. The van der Waals surface area contributed by atoms with Gasteiger partial charge in [-0.05, 0) is 42.3 Å². The number of nitrogens with zero attached hydrogens (tertiary/aromatic N) is 2. The minimum atomic E-state index is -0.115. The van der Waals surface area contributed by atoms with Crippen molar-refractivity contribution in [2.24, 2.45) is 5.73 Å². The van der Waals surface area contributed by atoms with Crippen LogP contribution < -0.4 is 19.9 Å². The summed E-state index contributed by atoms with van der Waals surface area (Å²) in [7, 11) is 4.90. The van der Waals surface area contributed by atoms with Gasteiger partial charge in [-0.3, -0.25) is 9.89 Å². The lowest BCUT2D eigenvalue weighted by Gasteiger charge is -2.19. The second-order valence-corrected chi connectivity index (χ2v) is 6.69. The van der Waals surface area contributed by atoms with Gasteiger partial charge in [-0.1, -0.05) is 6.07 Å². The van der Waals surface area contributed by atoms with Gasteiger partial charge in [0, 0.05) is 31.9 Å². The molecule has 0 aliphatic rings. The highest BCUT2D eigenvalue weighted by Crippen LogP contribution is 2.36. The summed E-state index contributed by atoms with van der Waals surface area (Å²) in [6, 6.07) is 10.6. The lowest BCUT2D eigenvalue weighted by Crippen LogP contribution is -2.28. The number of ether oxygens (including phenoxy) is 3. The molecule has 1 aromatic heterocycles. The summed E-state index contributed by atoms with van der Waals surface area (Å²) in [6.07, 6.45) is 4.28. The molecular formula is C22H26N4O4. The van der Waals surface area contributed by atoms with E-state index < -0.39 is 0 Å². The Morgan fingerprint density at radius 3 is 2.53 bits per heavy atom. The largest absolute Gasteiger partial charge is 0.496 e. The number of amides is 1. The smallest absolute Gasteiger partial charge is 0.253 e. The van der Waals surface area contributed by atoms with Crippen molar-refractivity contribution in [3.05, 3.63) is 65.5 Å². The molecule has 1 amide bonds. The Balaban J connectivity index is 1.82. The van der Waals surface area contributed by atoms with Gasteiger partial charge in [0.05, 0.1) is 26.0 Å². The predicted molar refractivity (Wildman–Crippen MR) is 113 cm³/mol. The fourth-order valence-electron chi connectivity index (χ4n) is 3.07. The molecule has 0 bridgehead atoms. The number of rotatable bonds is 9. The summed E-state index contributed by atoms with van der Waals surface area (Å²) in [5.74, 6) is 2.01. The van der Waals surface area contributed by atoms with Crippen molar-refractivity contribution >= 4 is 5.91 Å². The van der Waals surface area contributed by atoms with E-state index in [-0.39, 0.29) is 12.5 Å². The van der Waals surface area contributed by atoms with Gasteiger partial charge in [-0.15, -0.1) is 0 Å². The van der Waals surface area contributed by atoms with E-state index in [4.69, 9.17) is 19.9 Å². The number of likely N-dealkylation sites (N-methyl/N-ethyl adjacent to an activating group) is 1. The molecule has 0 fully saturated rings. The van der Waals surface area contributed by atoms with Crippen LogP contribution in [0.25, 0.3) is 0 Å². The molecule has 0 radical (unpaired) electrons. The quantitative estimate of drug-likeness (QED) is 0.562. The van der Waals surface area contributed by atoms with Crippen LogP contribution in [0.15, 0.2) is 48.8 Å². The molecule has 2 aromatic carbocycles. The second-order valence-electron chi connectivity index (χ2n) is 6.69. The predicted octanol–water partition coefficient (Wildman–Crippen LogP) is 2.99. The molecule has 0 atom stereocenters. The molecule has 30 heavy (non-hydrogen) atoms. The molecule has 0 saturated heterocycles. The van der Waals surface area contributed by atoms with E-state index in [1.54, 1.807) is 56.6 Å². The molecule has 3 rings (SSSR count). The highest BCUT2D eigenvalue weighted by molar-refractivity contribution is 5.94. The Morgan fingerprint density at radius 1 is 1.10 bits per heavy atom. The average Bonchev–Trinajstić information content (AvgIpc) is 3.30. The van der Waals surface area contributed by atoms with Crippen molar-refractivity contribution < 1.29 is 19.0 Å². The minimum Gasteiger partial charge on any atom is -0.496 e. The molecule has 0 aliphatic carbocycles. The zero-order valence-corrected chi connectivity index (χ0v) is 17.3. The van der Waals surface area contributed by atoms with Crippen LogP contribution in [0.2, 0.25) is 0 Å². The normalized spacial score (nSPS) is 10.5. The first-order valence-corrected chi connectivity index (χ1v) is 9.52. The number of carbonyl (C=O) groups excluding carboxylic acids is 1. The third-order valence-electron chi connectivity index (χ3n) is 4.78. The van der Waals surface area contributed by atoms with Crippen molar-refractivity contribution in [3.8, 4) is 23.0 Å². The van der Waals surface area contributed by atoms with Crippen LogP contribution in [0, 0.1) is 0 Å². The van der Waals surface area contributed by atoms with E-state index in [0.717, 1.165) is 11.1 Å². The summed E-state index contributed by atoms with van der Waals surface area (Å²) in [6.45, 7) is 0.810. The topological polar surface area (TPSA) is 103 Å². The number of benzene rings is 2. The Bertz CT molecular complexity index is 989. The van der Waals surface area contributed by atoms with E-state index in [9.17, 15) is 4.79 Å². The van der Waals surface area contributed by atoms with E-state index in [1.807, 2.05) is 18.3 Å². The average molecular weight is 410 g/mol. The van der Waals surface area contributed by atoms with Gasteiger partial charge >= 0.3 is 0 Å². The number of aromatic amines is 1. The Morgan fingerprint density at radius 2 is 1.87 bits per heavy atom. The summed E-state index contributed by atoms with van der Waals surface area (Å²) in [5, 5.41) is 6.70. The van der Waals surface area contributed by atoms with Crippen LogP contribution in [-0.4, -0.2) is 48.8 Å². The van der Waals surface area contributed by atoms with Crippen molar-refractivity contribution in [1.29, 1.82) is 0 Å². The number of nitrogens with two attached hydrogens (primary N) is 1. The van der Waals surface area contributed by atoms with E-state index in [2.05, 4.69) is 10.2 Å². The first kappa shape index (κ1) is 21.2. The first-order chi connectivity index (χ1) is 14.6. The maximum Gasteiger partial charge on any atom is 0.253 e. The minimum absolute atomic E-state index is 0.115. The Labute approximate surface area is 175 Å². The highest BCUT2D eigenvalue weighted by atomic mass is 16.5. The summed E-state index contributed by atoms with van der Waals surface area (Å²) >= 11 is 0. The lowest BCUT2D eigenvalue weighted by molar-refractivity contribution is 0.0796. The number of nitrogens with one attached hydrogen (secondary N) is 1. The van der Waals surface area contributed by atoms with Gasteiger partial charge in [0.25, 0.3) is 5.91 Å². The van der Waals surface area contributed by atoms with Gasteiger partial charge in [-0.2, -0.15) is 5.10 Å². The van der Waals surface area contributed by atoms with Gasteiger partial charge in [-0.25, -0.2) is 0 Å². The number of aromatic nitrogens is 2. The van der Waals surface area contributed by atoms with Crippen molar-refractivity contribution in [1.82, 2.24) is 15.1 Å². The van der Waals surface area contributed by atoms with Crippen LogP contribution >= 0.6 is 0 Å². The van der Waals surface area contributed by atoms with E-state index in [1.165, 1.54) is 0 Å². The van der Waals surface area contributed by atoms with E-state index in [0.29, 0.717) is 41.5 Å². The molecule has 0 aliphatic heterocycles. The number of hydrogen-bond acceptors (Lipinski definition) is 6. The molecule has 0 spiro atoms. The third-order valence-corrected chi connectivity index (χ3v) is 4.78. The molecular weight excluding hydrogens is 384 g/mol. The second kappa shape index (κ2) is 9.80. The first-order valence-electron chi connectivity index (χ1n) is 9.52. The molecule has 158 valence electrons. The lowest BCUT2D eigenvalue weighted by atomic mass is 10.1. The molecule has 0 unspecified atom stereocenters. The summed E-state index contributed by atoms with van der Waals surface area (Å²) < 4.78 is 16.9. The van der Waals surface area contributed by atoms with Gasteiger partial charge in [0.1, 0.15) is 11.5 Å². The van der Waals surface area contributed by atoms with Crippen LogP contribution in [0.1, 0.15) is 21.5 Å². The van der Waals surface area contributed by atoms with Crippen molar-refractivity contribution in [3.63, 3.8) is 0 Å². The number of methoxy groups -OCH3 is 2. The highest BCUT2D eigenvalue weighted by Gasteiger charge is 2.17. The fourth-order valence-corrected chi connectivity index (χ4v) is 3.07. The summed E-state index contributed by atoms with van der Waals surface area (Å²) in [5.41, 5.74) is 8.16. The van der Waals surface area contributed by atoms with Crippen LogP contribution in [0.4, 0.5) is 0 Å². The molecule has 8 nitrogen and oxygen atoms in total. The fraction of sp³-hybridized carbons (Fsp3) is 0.273. The van der Waals surface area contributed by atoms with Gasteiger partial charge in [0.15, 0.2) is 11.5 Å². The molecule has 3 N–H and O–H groups in total. The van der Waals surface area contributed by atoms with Crippen molar-refractivity contribution in [2.75, 3.05) is 27.8 Å². The Kier molecular flexibility index (Phi) is 6.92. The van der Waals surface area contributed by atoms with Crippen molar-refractivity contribution in [2.45, 2.75) is 13.0 Å². The molecule has 0 saturated carbocycles. The van der Waals surface area contributed by atoms with E-state index >= 15 is 0 Å². The zero-order valence-electron chi connectivity index (χ0n) is 17.3. The standard InChI is InChI=1S/C22H26N4O4/c1-26(10-9-15-13-24-25-14-15)22(27)16-7-8-20(29-3)21(11-16)30-19-6-4-5-18(28-2)17(19)12-23/h4-8,11,13-14H,9-10,12,23H2,1-3H3,(H,24,25). The Hall–Kier alpha value is -3.52. The zero-order chi connectivity index (χ0) is 21.5. The van der Waals surface area contributed by atoms with Crippen LogP contribution in [-0.2, 0) is 13.0 Å². The van der Waals surface area contributed by atoms with Crippen LogP contribution in [0.3, 0.4) is 0 Å². The number of H-pyrrole nitrogens is 1. The van der Waals surface area contributed by atoms with Gasteiger partial charge < -0.3 is 24.8 Å². The maximum absolute atomic E-state index is 12.9. The third kappa shape index (κ3) is 4.72. The SMILES string of the molecule is COc1ccc(C(=O)N(C)CCc2cn[nH]c2)cc1Oc1cccc(OC)c1CN. The van der Waals surface area contributed by atoms with Gasteiger partial charge in [0.2, 0.25) is 0 Å². The summed E-state index contributed by atoms with van der Waals surface area (Å²) in [4.78, 5) is 14.6. The maximum atomic E-state index is 12.9. The van der Waals surface area contributed by atoms with Crippen LogP contribution in [0.5, 0.6) is 23.0 Å². The number of hydrogen-bond donors (Lipinski definition) is 2. The monoisotopic (exact) mass is 410 g/mol. The number of carbonyl (C=O) groups is 1.